The summed E-state index contributed by atoms with van der Waals surface area (Å²) in [5, 5.41) is 16.8. The summed E-state index contributed by atoms with van der Waals surface area (Å²) in [6, 6.07) is 13.2. The summed E-state index contributed by atoms with van der Waals surface area (Å²) in [6.07, 6.45) is 1.71. The first-order chi connectivity index (χ1) is 14.8. The Morgan fingerprint density at radius 3 is 2.29 bits per heavy atom. The van der Waals surface area contributed by atoms with Gasteiger partial charge in [-0.15, -0.1) is 10.2 Å². The molecule has 0 saturated heterocycles. The fourth-order valence-electron chi connectivity index (χ4n) is 2.61. The molecule has 31 heavy (non-hydrogen) atoms. The molecule has 162 valence electrons. The van der Waals surface area contributed by atoms with Crippen molar-refractivity contribution in [1.29, 1.82) is 0 Å². The van der Waals surface area contributed by atoms with Gasteiger partial charge in [-0.25, -0.2) is 18.1 Å². The molecule has 0 bridgehead atoms. The molecule has 3 aromatic rings. The molecule has 2 heterocycles. The summed E-state index contributed by atoms with van der Waals surface area (Å²) >= 11 is 0. The lowest BCUT2D eigenvalue weighted by Crippen LogP contribution is -2.29. The van der Waals surface area contributed by atoms with Gasteiger partial charge in [-0.1, -0.05) is 0 Å². The molecular formula is C20H23N7O3S. The highest BCUT2D eigenvalue weighted by molar-refractivity contribution is 7.89. The normalized spacial score (nSPS) is 11.0. The van der Waals surface area contributed by atoms with E-state index >= 15 is 0 Å². The summed E-state index contributed by atoms with van der Waals surface area (Å²) in [5.41, 5.74) is 1.61. The maximum absolute atomic E-state index is 12.4. The molecule has 11 heteroatoms. The first kappa shape index (κ1) is 22.1. The lowest BCUT2D eigenvalue weighted by molar-refractivity contribution is -0.114. The molecule has 0 aliphatic carbocycles. The van der Waals surface area contributed by atoms with Gasteiger partial charge in [0.05, 0.1) is 4.90 Å². The topological polar surface area (TPSA) is 138 Å². The molecule has 0 unspecified atom stereocenters. The number of sulfonamides is 1. The number of carbonyl (C=O) groups excluding carboxylic acids is 1. The number of carbonyl (C=O) groups is 1. The number of aryl methyl sites for hydroxylation is 1. The van der Waals surface area contributed by atoms with E-state index in [0.29, 0.717) is 29.7 Å². The number of hydrogen-bond donors (Lipinski definition) is 4. The van der Waals surface area contributed by atoms with Gasteiger partial charge in [0.15, 0.2) is 5.82 Å². The number of rotatable bonds is 9. The molecule has 0 spiro atoms. The van der Waals surface area contributed by atoms with Crippen molar-refractivity contribution >= 4 is 39.1 Å². The van der Waals surface area contributed by atoms with Crippen LogP contribution in [0.3, 0.4) is 0 Å². The van der Waals surface area contributed by atoms with Gasteiger partial charge in [-0.05, 0) is 61.0 Å². The molecule has 0 aliphatic heterocycles. The Kier molecular flexibility index (Phi) is 7.11. The van der Waals surface area contributed by atoms with Crippen molar-refractivity contribution in [1.82, 2.24) is 19.9 Å². The summed E-state index contributed by atoms with van der Waals surface area (Å²) < 4.78 is 27.2. The molecule has 0 radical (unpaired) electrons. The monoisotopic (exact) mass is 441 g/mol. The highest BCUT2D eigenvalue weighted by Crippen LogP contribution is 2.15. The van der Waals surface area contributed by atoms with E-state index in [1.54, 1.807) is 18.3 Å². The first-order valence-corrected chi connectivity index (χ1v) is 10.9. The largest absolute Gasteiger partial charge is 0.367 e. The second-order valence-corrected chi connectivity index (χ2v) is 8.44. The van der Waals surface area contributed by atoms with Gasteiger partial charge in [0.1, 0.15) is 11.6 Å². The van der Waals surface area contributed by atoms with E-state index in [0.717, 1.165) is 5.56 Å². The van der Waals surface area contributed by atoms with Crippen LogP contribution in [-0.4, -0.2) is 42.6 Å². The molecular weight excluding hydrogens is 418 g/mol. The van der Waals surface area contributed by atoms with E-state index in [-0.39, 0.29) is 17.3 Å². The van der Waals surface area contributed by atoms with Crippen LogP contribution in [0.25, 0.3) is 0 Å². The van der Waals surface area contributed by atoms with E-state index in [2.05, 4.69) is 35.9 Å². The van der Waals surface area contributed by atoms with E-state index in [9.17, 15) is 13.2 Å². The zero-order chi connectivity index (χ0) is 22.3. The molecule has 4 N–H and O–H groups in total. The standard InChI is InChI=1S/C20H23N7O3S/c1-14-9-10-21-20(13-14)25-19-8-7-18(26-27-19)22-11-12-23-31(29,30)17-5-3-16(4-6-17)24-15(2)28/h3-10,13,23H,11-12H2,1-2H3,(H,22,26)(H,24,28)(H,21,25,27). The fraction of sp³-hybridized carbons (Fsp3) is 0.200. The maximum atomic E-state index is 12.4. The van der Waals surface area contributed by atoms with Gasteiger partial charge in [-0.2, -0.15) is 0 Å². The van der Waals surface area contributed by atoms with Crippen LogP contribution in [0.1, 0.15) is 12.5 Å². The molecule has 3 rings (SSSR count). The van der Waals surface area contributed by atoms with Crippen LogP contribution in [0.15, 0.2) is 59.6 Å². The Labute approximate surface area is 180 Å². The van der Waals surface area contributed by atoms with Crippen LogP contribution in [0.5, 0.6) is 0 Å². The molecule has 0 saturated carbocycles. The van der Waals surface area contributed by atoms with Crippen molar-refractivity contribution in [3.8, 4) is 0 Å². The lowest BCUT2D eigenvalue weighted by atomic mass is 10.3. The second-order valence-electron chi connectivity index (χ2n) is 6.68. The summed E-state index contributed by atoms with van der Waals surface area (Å²) in [5.74, 6) is 1.52. The highest BCUT2D eigenvalue weighted by Gasteiger charge is 2.13. The number of anilines is 4. The van der Waals surface area contributed by atoms with Crippen LogP contribution < -0.4 is 20.7 Å². The van der Waals surface area contributed by atoms with Gasteiger partial charge in [0, 0.05) is 31.9 Å². The zero-order valence-electron chi connectivity index (χ0n) is 17.1. The highest BCUT2D eigenvalue weighted by atomic mass is 32.2. The SMILES string of the molecule is CC(=O)Nc1ccc(S(=O)(=O)NCCNc2ccc(Nc3cc(C)ccn3)nn2)cc1. The smallest absolute Gasteiger partial charge is 0.240 e. The van der Waals surface area contributed by atoms with Crippen LogP contribution in [0.4, 0.5) is 23.1 Å². The number of nitrogens with zero attached hydrogens (tertiary/aromatic N) is 3. The van der Waals surface area contributed by atoms with E-state index in [1.165, 1.54) is 31.2 Å². The van der Waals surface area contributed by atoms with Crippen molar-refractivity contribution in [3.63, 3.8) is 0 Å². The molecule has 0 atom stereocenters. The number of benzene rings is 1. The van der Waals surface area contributed by atoms with E-state index < -0.39 is 10.0 Å². The van der Waals surface area contributed by atoms with Crippen molar-refractivity contribution in [2.75, 3.05) is 29.0 Å². The van der Waals surface area contributed by atoms with Crippen LogP contribution in [0.2, 0.25) is 0 Å². The van der Waals surface area contributed by atoms with Crippen molar-refractivity contribution in [2.24, 2.45) is 0 Å². The van der Waals surface area contributed by atoms with Gasteiger partial charge in [0.2, 0.25) is 15.9 Å². The number of amides is 1. The Bertz CT molecular complexity index is 1130. The minimum Gasteiger partial charge on any atom is -0.367 e. The minimum atomic E-state index is -3.66. The van der Waals surface area contributed by atoms with E-state index in [4.69, 9.17) is 0 Å². The van der Waals surface area contributed by atoms with Crippen LogP contribution in [-0.2, 0) is 14.8 Å². The molecule has 2 aromatic heterocycles. The quantitative estimate of drug-likeness (QED) is 0.371. The maximum Gasteiger partial charge on any atom is 0.240 e. The Morgan fingerprint density at radius 1 is 0.935 bits per heavy atom. The summed E-state index contributed by atoms with van der Waals surface area (Å²) in [6.45, 7) is 3.84. The third-order valence-corrected chi connectivity index (χ3v) is 5.52. The van der Waals surface area contributed by atoms with E-state index in [1.807, 2.05) is 19.1 Å². The average Bonchev–Trinajstić information content (AvgIpc) is 2.72. The Hall–Kier alpha value is -3.57. The fourth-order valence-corrected chi connectivity index (χ4v) is 3.64. The van der Waals surface area contributed by atoms with Gasteiger partial charge >= 0.3 is 0 Å². The predicted octanol–water partition coefficient (Wildman–Crippen LogP) is 2.27. The molecule has 0 fully saturated rings. The third kappa shape index (κ3) is 6.73. The Balaban J connectivity index is 1.47. The van der Waals surface area contributed by atoms with Crippen LogP contribution >= 0.6 is 0 Å². The summed E-state index contributed by atoms with van der Waals surface area (Å²) in [7, 11) is -3.66. The second kappa shape index (κ2) is 9.96. The van der Waals surface area contributed by atoms with Gasteiger partial charge in [-0.3, -0.25) is 4.79 Å². The Morgan fingerprint density at radius 2 is 1.65 bits per heavy atom. The van der Waals surface area contributed by atoms with Crippen molar-refractivity contribution < 1.29 is 13.2 Å². The third-order valence-electron chi connectivity index (χ3n) is 4.04. The molecule has 1 amide bonds. The number of hydrogen-bond acceptors (Lipinski definition) is 8. The van der Waals surface area contributed by atoms with Crippen LogP contribution in [0, 0.1) is 6.92 Å². The zero-order valence-corrected chi connectivity index (χ0v) is 17.9. The van der Waals surface area contributed by atoms with Crippen molar-refractivity contribution in [3.05, 3.63) is 60.3 Å². The number of pyridine rings is 1. The lowest BCUT2D eigenvalue weighted by Gasteiger charge is -2.09. The molecule has 10 nitrogen and oxygen atoms in total. The molecule has 1 aromatic carbocycles. The summed E-state index contributed by atoms with van der Waals surface area (Å²) in [4.78, 5) is 15.4. The number of aromatic nitrogens is 3. The minimum absolute atomic E-state index is 0.113. The average molecular weight is 442 g/mol. The molecule has 0 aliphatic rings. The first-order valence-electron chi connectivity index (χ1n) is 9.46. The number of nitrogens with one attached hydrogen (secondary N) is 4. The predicted molar refractivity (Wildman–Crippen MR) is 119 cm³/mol. The van der Waals surface area contributed by atoms with Gasteiger partial charge < -0.3 is 16.0 Å². The van der Waals surface area contributed by atoms with Crippen molar-refractivity contribution in [2.45, 2.75) is 18.7 Å². The van der Waals surface area contributed by atoms with Gasteiger partial charge in [0.25, 0.3) is 0 Å².